The monoisotopic (exact) mass is 360 g/mol. The SMILES string of the molecule is CCN1C(=O)N=C(N)C1c1ncc(Br)cc1Br. The Morgan fingerprint density at radius 1 is 1.53 bits per heavy atom. The first-order chi connectivity index (χ1) is 8.04. The Morgan fingerprint density at radius 3 is 2.82 bits per heavy atom. The van der Waals surface area contributed by atoms with Crippen molar-refractivity contribution < 1.29 is 4.79 Å². The van der Waals surface area contributed by atoms with Gasteiger partial charge < -0.3 is 10.6 Å². The number of carbonyl (C=O) groups is 1. The number of nitrogens with zero attached hydrogens (tertiary/aromatic N) is 3. The standard InChI is InChI=1S/C10H10Br2N4O/c1-2-16-8(9(13)15-10(16)17)7-6(12)3-5(11)4-14-7/h3-4,8H,2H2,1H3,(H2,13,15,17). The van der Waals surface area contributed by atoms with E-state index in [0.29, 0.717) is 12.2 Å². The summed E-state index contributed by atoms with van der Waals surface area (Å²) >= 11 is 6.75. The summed E-state index contributed by atoms with van der Waals surface area (Å²) in [6, 6.07) is 1.17. The van der Waals surface area contributed by atoms with E-state index in [1.807, 2.05) is 13.0 Å². The van der Waals surface area contributed by atoms with Gasteiger partial charge in [-0.15, -0.1) is 0 Å². The van der Waals surface area contributed by atoms with Crippen molar-refractivity contribution in [3.63, 3.8) is 0 Å². The number of amidine groups is 1. The lowest BCUT2D eigenvalue weighted by molar-refractivity contribution is 0.209. The molecule has 1 unspecified atom stereocenters. The van der Waals surface area contributed by atoms with Crippen LogP contribution in [0, 0.1) is 0 Å². The van der Waals surface area contributed by atoms with Gasteiger partial charge in [-0.1, -0.05) is 0 Å². The van der Waals surface area contributed by atoms with Crippen molar-refractivity contribution in [2.45, 2.75) is 13.0 Å². The zero-order valence-corrected chi connectivity index (χ0v) is 12.2. The first-order valence-corrected chi connectivity index (χ1v) is 6.58. The van der Waals surface area contributed by atoms with Crippen LogP contribution in [0.2, 0.25) is 0 Å². The number of aromatic nitrogens is 1. The maximum Gasteiger partial charge on any atom is 0.346 e. The second kappa shape index (κ2) is 4.73. The number of likely N-dealkylation sites (N-methyl/N-ethyl adjacent to an activating group) is 1. The molecule has 0 fully saturated rings. The van der Waals surface area contributed by atoms with E-state index in [0.717, 1.165) is 8.95 Å². The van der Waals surface area contributed by atoms with E-state index in [9.17, 15) is 4.79 Å². The first-order valence-electron chi connectivity index (χ1n) is 5.00. The molecule has 90 valence electrons. The van der Waals surface area contributed by atoms with E-state index >= 15 is 0 Å². The summed E-state index contributed by atoms with van der Waals surface area (Å²) < 4.78 is 1.65. The van der Waals surface area contributed by atoms with Crippen LogP contribution >= 0.6 is 31.9 Å². The second-order valence-electron chi connectivity index (χ2n) is 3.53. The third kappa shape index (κ3) is 2.21. The predicted octanol–water partition coefficient (Wildman–Crippen LogP) is 2.46. The van der Waals surface area contributed by atoms with Crippen molar-refractivity contribution in [3.8, 4) is 0 Å². The van der Waals surface area contributed by atoms with Crippen molar-refractivity contribution in [2.75, 3.05) is 6.54 Å². The molecule has 1 aliphatic heterocycles. The normalized spacial score (nSPS) is 19.7. The zero-order valence-electron chi connectivity index (χ0n) is 9.02. The van der Waals surface area contributed by atoms with Gasteiger partial charge in [-0.05, 0) is 44.8 Å². The van der Waals surface area contributed by atoms with Gasteiger partial charge in [0.05, 0.1) is 5.69 Å². The highest BCUT2D eigenvalue weighted by atomic mass is 79.9. The summed E-state index contributed by atoms with van der Waals surface area (Å²) in [6.07, 6.45) is 1.67. The van der Waals surface area contributed by atoms with E-state index < -0.39 is 0 Å². The Morgan fingerprint density at radius 2 is 2.24 bits per heavy atom. The summed E-state index contributed by atoms with van der Waals surface area (Å²) in [7, 11) is 0. The molecule has 2 rings (SSSR count). The third-order valence-electron chi connectivity index (χ3n) is 2.50. The van der Waals surface area contributed by atoms with Crippen molar-refractivity contribution >= 4 is 43.7 Å². The van der Waals surface area contributed by atoms with Crippen molar-refractivity contribution in [1.29, 1.82) is 0 Å². The van der Waals surface area contributed by atoms with Gasteiger partial charge in [0.15, 0.2) is 0 Å². The van der Waals surface area contributed by atoms with Crippen LogP contribution in [-0.4, -0.2) is 28.3 Å². The van der Waals surface area contributed by atoms with E-state index in [1.165, 1.54) is 0 Å². The second-order valence-corrected chi connectivity index (χ2v) is 5.30. The van der Waals surface area contributed by atoms with E-state index in [-0.39, 0.29) is 17.9 Å². The summed E-state index contributed by atoms with van der Waals surface area (Å²) in [5, 5.41) is 0. The minimum absolute atomic E-state index is 0.285. The van der Waals surface area contributed by atoms with Crippen LogP contribution < -0.4 is 5.73 Å². The predicted molar refractivity (Wildman–Crippen MR) is 71.8 cm³/mol. The third-order valence-corrected chi connectivity index (χ3v) is 3.57. The lowest BCUT2D eigenvalue weighted by Crippen LogP contribution is -2.34. The van der Waals surface area contributed by atoms with Crippen LogP contribution in [0.5, 0.6) is 0 Å². The largest absolute Gasteiger partial charge is 0.385 e. The molecule has 2 amide bonds. The summed E-state index contributed by atoms with van der Waals surface area (Å²) in [5.41, 5.74) is 6.49. The van der Waals surface area contributed by atoms with Crippen LogP contribution in [0.15, 0.2) is 26.2 Å². The molecular weight excluding hydrogens is 352 g/mol. The molecule has 0 aromatic carbocycles. The fraction of sp³-hybridized carbons (Fsp3) is 0.300. The number of hydrogen-bond donors (Lipinski definition) is 1. The highest BCUT2D eigenvalue weighted by Crippen LogP contribution is 2.31. The molecule has 1 aliphatic rings. The number of rotatable bonds is 2. The highest BCUT2D eigenvalue weighted by Gasteiger charge is 2.35. The Labute approximate surface area is 115 Å². The van der Waals surface area contributed by atoms with E-state index in [1.54, 1.807) is 11.1 Å². The average molecular weight is 362 g/mol. The van der Waals surface area contributed by atoms with Crippen LogP contribution in [0.4, 0.5) is 4.79 Å². The Hall–Kier alpha value is -0.950. The number of urea groups is 1. The van der Waals surface area contributed by atoms with Crippen LogP contribution in [0.3, 0.4) is 0 Å². The van der Waals surface area contributed by atoms with Crippen LogP contribution in [0.25, 0.3) is 0 Å². The zero-order chi connectivity index (χ0) is 12.6. The number of pyridine rings is 1. The van der Waals surface area contributed by atoms with Crippen molar-refractivity contribution in [2.24, 2.45) is 10.7 Å². The molecule has 0 aliphatic carbocycles. The van der Waals surface area contributed by atoms with Crippen molar-refractivity contribution in [3.05, 3.63) is 26.9 Å². The topological polar surface area (TPSA) is 71.6 Å². The first kappa shape index (κ1) is 12.5. The van der Waals surface area contributed by atoms with Gasteiger partial charge in [-0.2, -0.15) is 4.99 Å². The molecule has 5 nitrogen and oxygen atoms in total. The smallest absolute Gasteiger partial charge is 0.346 e. The van der Waals surface area contributed by atoms with Crippen LogP contribution in [-0.2, 0) is 0 Å². The molecule has 0 saturated carbocycles. The number of carbonyl (C=O) groups excluding carboxylic acids is 1. The minimum Gasteiger partial charge on any atom is -0.385 e. The number of aliphatic imine (C=N–C) groups is 1. The van der Waals surface area contributed by atoms with Gasteiger partial charge in [0.25, 0.3) is 0 Å². The number of amides is 2. The van der Waals surface area contributed by atoms with Gasteiger partial charge in [0, 0.05) is 21.7 Å². The molecule has 2 N–H and O–H groups in total. The fourth-order valence-electron chi connectivity index (χ4n) is 1.74. The number of halogens is 2. The molecular formula is C10H10Br2N4O. The number of hydrogen-bond acceptors (Lipinski definition) is 3. The molecule has 0 saturated heterocycles. The van der Waals surface area contributed by atoms with E-state index in [4.69, 9.17) is 5.73 Å². The molecule has 17 heavy (non-hydrogen) atoms. The Balaban J connectivity index is 2.45. The quantitative estimate of drug-likeness (QED) is 0.879. The molecule has 2 heterocycles. The van der Waals surface area contributed by atoms with Crippen molar-refractivity contribution in [1.82, 2.24) is 9.88 Å². The molecule has 0 bridgehead atoms. The Kier molecular flexibility index (Phi) is 3.48. The lowest BCUT2D eigenvalue weighted by atomic mass is 10.1. The maximum absolute atomic E-state index is 11.6. The molecule has 1 aromatic heterocycles. The highest BCUT2D eigenvalue weighted by molar-refractivity contribution is 9.11. The fourth-order valence-corrected chi connectivity index (χ4v) is 2.94. The molecule has 7 heteroatoms. The van der Waals surface area contributed by atoms with Gasteiger partial charge in [0.2, 0.25) is 0 Å². The van der Waals surface area contributed by atoms with E-state index in [2.05, 4.69) is 41.8 Å². The van der Waals surface area contributed by atoms with Gasteiger partial charge >= 0.3 is 6.03 Å². The van der Waals surface area contributed by atoms with Gasteiger partial charge in [0.1, 0.15) is 11.9 Å². The van der Waals surface area contributed by atoms with Crippen LogP contribution in [0.1, 0.15) is 18.7 Å². The maximum atomic E-state index is 11.6. The molecule has 1 aromatic rings. The average Bonchev–Trinajstić information content (AvgIpc) is 2.53. The lowest BCUT2D eigenvalue weighted by Gasteiger charge is -2.22. The van der Waals surface area contributed by atoms with Gasteiger partial charge in [-0.3, -0.25) is 4.98 Å². The molecule has 1 atom stereocenters. The molecule has 0 spiro atoms. The summed E-state index contributed by atoms with van der Waals surface area (Å²) in [6.45, 7) is 2.42. The number of nitrogens with two attached hydrogens (primary N) is 1. The Bertz CT molecular complexity index is 503. The minimum atomic E-state index is -0.380. The summed E-state index contributed by atoms with van der Waals surface area (Å²) in [4.78, 5) is 21.2. The molecule has 0 radical (unpaired) electrons. The van der Waals surface area contributed by atoms with Gasteiger partial charge in [-0.25, -0.2) is 4.79 Å². The summed E-state index contributed by atoms with van der Waals surface area (Å²) in [5.74, 6) is 0.285.